The summed E-state index contributed by atoms with van der Waals surface area (Å²) in [7, 11) is 1.67. The van der Waals surface area contributed by atoms with E-state index in [1.807, 2.05) is 42.5 Å². The van der Waals surface area contributed by atoms with Crippen LogP contribution >= 0.6 is 11.3 Å². The molecule has 5 nitrogen and oxygen atoms in total. The van der Waals surface area contributed by atoms with Crippen LogP contribution in [0.2, 0.25) is 0 Å². The molecule has 6 heteroatoms. The van der Waals surface area contributed by atoms with Gasteiger partial charge in [0.15, 0.2) is 5.96 Å². The third-order valence-corrected chi connectivity index (χ3v) is 4.85. The predicted octanol–water partition coefficient (Wildman–Crippen LogP) is 4.07. The van der Waals surface area contributed by atoms with E-state index >= 15 is 0 Å². The van der Waals surface area contributed by atoms with E-state index in [2.05, 4.69) is 40.1 Å². The quantitative estimate of drug-likeness (QED) is 0.479. The summed E-state index contributed by atoms with van der Waals surface area (Å²) in [6.07, 6.45) is 0. The van der Waals surface area contributed by atoms with Gasteiger partial charge >= 0.3 is 0 Å². The van der Waals surface area contributed by atoms with Crippen LogP contribution in [0, 0.1) is 0 Å². The molecule has 0 fully saturated rings. The highest BCUT2D eigenvalue weighted by atomic mass is 32.1. The average molecular weight is 381 g/mol. The number of hydrogen-bond donors (Lipinski definition) is 2. The SMILES string of the molecule is CCNC(=NCc1cccc(OC)c1)NCc1csc(-c2ccccc2)n1. The zero-order valence-electron chi connectivity index (χ0n) is 15.6. The Labute approximate surface area is 164 Å². The number of guanidine groups is 1. The van der Waals surface area contributed by atoms with Gasteiger partial charge in [-0.3, -0.25) is 0 Å². The molecule has 27 heavy (non-hydrogen) atoms. The lowest BCUT2D eigenvalue weighted by Gasteiger charge is -2.10. The van der Waals surface area contributed by atoms with Crippen molar-refractivity contribution in [3.8, 4) is 16.3 Å². The summed E-state index contributed by atoms with van der Waals surface area (Å²) >= 11 is 1.66. The summed E-state index contributed by atoms with van der Waals surface area (Å²) in [4.78, 5) is 9.36. The average Bonchev–Trinajstić information content (AvgIpc) is 3.20. The first-order valence-electron chi connectivity index (χ1n) is 8.93. The highest BCUT2D eigenvalue weighted by Crippen LogP contribution is 2.23. The summed E-state index contributed by atoms with van der Waals surface area (Å²) in [5.41, 5.74) is 3.25. The number of rotatable bonds is 7. The topological polar surface area (TPSA) is 58.5 Å². The molecule has 0 amide bonds. The van der Waals surface area contributed by atoms with E-state index in [9.17, 15) is 0 Å². The number of thiazole rings is 1. The maximum absolute atomic E-state index is 5.27. The molecule has 2 N–H and O–H groups in total. The van der Waals surface area contributed by atoms with Gasteiger partial charge in [0.25, 0.3) is 0 Å². The zero-order valence-corrected chi connectivity index (χ0v) is 16.4. The molecule has 0 aliphatic carbocycles. The van der Waals surface area contributed by atoms with Gasteiger partial charge in [0.1, 0.15) is 10.8 Å². The van der Waals surface area contributed by atoms with E-state index in [0.29, 0.717) is 13.1 Å². The van der Waals surface area contributed by atoms with Crippen molar-refractivity contribution in [2.75, 3.05) is 13.7 Å². The molecule has 1 heterocycles. The Kier molecular flexibility index (Phi) is 6.82. The van der Waals surface area contributed by atoms with Gasteiger partial charge in [0.2, 0.25) is 0 Å². The van der Waals surface area contributed by atoms with Crippen molar-refractivity contribution in [3.63, 3.8) is 0 Å². The van der Waals surface area contributed by atoms with Gasteiger partial charge in [-0.25, -0.2) is 9.98 Å². The lowest BCUT2D eigenvalue weighted by Crippen LogP contribution is -2.36. The normalized spacial score (nSPS) is 11.3. The molecule has 140 valence electrons. The molecule has 0 saturated carbocycles. The number of aromatic nitrogens is 1. The van der Waals surface area contributed by atoms with Gasteiger partial charge in [-0.05, 0) is 24.6 Å². The third kappa shape index (κ3) is 5.56. The number of aliphatic imine (C=N–C) groups is 1. The van der Waals surface area contributed by atoms with Gasteiger partial charge in [0, 0.05) is 17.5 Å². The van der Waals surface area contributed by atoms with Gasteiger partial charge in [-0.15, -0.1) is 11.3 Å². The van der Waals surface area contributed by atoms with E-state index < -0.39 is 0 Å². The van der Waals surface area contributed by atoms with Crippen LogP contribution in [0.1, 0.15) is 18.2 Å². The number of nitrogens with one attached hydrogen (secondary N) is 2. The number of ether oxygens (including phenoxy) is 1. The molecule has 1 aromatic heterocycles. The molecular formula is C21H24N4OS. The predicted molar refractivity (Wildman–Crippen MR) is 112 cm³/mol. The summed E-state index contributed by atoms with van der Waals surface area (Å²) < 4.78 is 5.27. The summed E-state index contributed by atoms with van der Waals surface area (Å²) in [6, 6.07) is 18.2. The van der Waals surface area contributed by atoms with Crippen molar-refractivity contribution >= 4 is 17.3 Å². The zero-order chi connectivity index (χ0) is 18.9. The maximum atomic E-state index is 5.27. The summed E-state index contributed by atoms with van der Waals surface area (Å²) in [5.74, 6) is 1.62. The molecule has 0 radical (unpaired) electrons. The second-order valence-electron chi connectivity index (χ2n) is 5.91. The van der Waals surface area contributed by atoms with Gasteiger partial charge in [0.05, 0.1) is 25.9 Å². The molecule has 0 spiro atoms. The van der Waals surface area contributed by atoms with E-state index in [0.717, 1.165) is 40.1 Å². The molecule has 3 rings (SSSR count). The Morgan fingerprint density at radius 2 is 1.96 bits per heavy atom. The smallest absolute Gasteiger partial charge is 0.191 e. The van der Waals surface area contributed by atoms with Crippen LogP contribution in [0.3, 0.4) is 0 Å². The van der Waals surface area contributed by atoms with Crippen LogP contribution in [-0.2, 0) is 13.1 Å². The molecule has 0 aliphatic heterocycles. The van der Waals surface area contributed by atoms with Crippen LogP contribution in [0.5, 0.6) is 5.75 Å². The molecule has 0 atom stereocenters. The van der Waals surface area contributed by atoms with Crippen LogP contribution in [0.15, 0.2) is 65.0 Å². The van der Waals surface area contributed by atoms with Gasteiger partial charge in [-0.1, -0.05) is 42.5 Å². The second kappa shape index (κ2) is 9.73. The Balaban J connectivity index is 1.62. The fourth-order valence-electron chi connectivity index (χ4n) is 2.56. The summed E-state index contributed by atoms with van der Waals surface area (Å²) in [6.45, 7) is 4.07. The fourth-order valence-corrected chi connectivity index (χ4v) is 3.38. The molecule has 2 aromatic carbocycles. The largest absolute Gasteiger partial charge is 0.497 e. The molecular weight excluding hydrogens is 356 g/mol. The standard InChI is InChI=1S/C21H24N4OS/c1-3-22-21(23-13-16-8-7-11-19(12-16)26-2)24-14-18-15-27-20(25-18)17-9-5-4-6-10-17/h4-12,15H,3,13-14H2,1-2H3,(H2,22,23,24). The van der Waals surface area contributed by atoms with Crippen molar-refractivity contribution in [3.05, 3.63) is 71.2 Å². The first-order valence-corrected chi connectivity index (χ1v) is 9.81. The first kappa shape index (κ1) is 18.9. The van der Waals surface area contributed by atoms with Crippen molar-refractivity contribution in [2.24, 2.45) is 4.99 Å². The minimum atomic E-state index is 0.582. The lowest BCUT2D eigenvalue weighted by atomic mass is 10.2. The van der Waals surface area contributed by atoms with Crippen molar-refractivity contribution in [2.45, 2.75) is 20.0 Å². The Morgan fingerprint density at radius 3 is 2.74 bits per heavy atom. The maximum Gasteiger partial charge on any atom is 0.191 e. The fraction of sp³-hybridized carbons (Fsp3) is 0.238. The van der Waals surface area contributed by atoms with Crippen LogP contribution in [0.4, 0.5) is 0 Å². The van der Waals surface area contributed by atoms with Crippen molar-refractivity contribution in [1.82, 2.24) is 15.6 Å². The van der Waals surface area contributed by atoms with Crippen LogP contribution < -0.4 is 15.4 Å². The van der Waals surface area contributed by atoms with E-state index in [4.69, 9.17) is 9.72 Å². The summed E-state index contributed by atoms with van der Waals surface area (Å²) in [5, 5.41) is 9.74. The van der Waals surface area contributed by atoms with E-state index in [1.165, 1.54) is 0 Å². The molecule has 0 bridgehead atoms. The molecule has 0 unspecified atom stereocenters. The number of benzene rings is 2. The monoisotopic (exact) mass is 380 g/mol. The first-order chi connectivity index (χ1) is 13.3. The number of hydrogen-bond acceptors (Lipinski definition) is 4. The van der Waals surface area contributed by atoms with E-state index in [1.54, 1.807) is 18.4 Å². The molecule has 3 aromatic rings. The van der Waals surface area contributed by atoms with Crippen LogP contribution in [-0.4, -0.2) is 24.6 Å². The Morgan fingerprint density at radius 1 is 1.11 bits per heavy atom. The number of methoxy groups -OCH3 is 1. The van der Waals surface area contributed by atoms with Crippen molar-refractivity contribution < 1.29 is 4.74 Å². The Bertz CT molecular complexity index is 877. The van der Waals surface area contributed by atoms with Crippen LogP contribution in [0.25, 0.3) is 10.6 Å². The van der Waals surface area contributed by atoms with Crippen molar-refractivity contribution in [1.29, 1.82) is 0 Å². The highest BCUT2D eigenvalue weighted by Gasteiger charge is 2.05. The second-order valence-corrected chi connectivity index (χ2v) is 6.77. The third-order valence-electron chi connectivity index (χ3n) is 3.91. The van der Waals surface area contributed by atoms with Gasteiger partial charge < -0.3 is 15.4 Å². The Hall–Kier alpha value is -2.86. The van der Waals surface area contributed by atoms with Gasteiger partial charge in [-0.2, -0.15) is 0 Å². The minimum Gasteiger partial charge on any atom is -0.497 e. The number of nitrogens with zero attached hydrogens (tertiary/aromatic N) is 2. The molecule has 0 aliphatic rings. The lowest BCUT2D eigenvalue weighted by molar-refractivity contribution is 0.414. The molecule has 0 saturated heterocycles. The minimum absolute atomic E-state index is 0.582. The highest BCUT2D eigenvalue weighted by molar-refractivity contribution is 7.13. The van der Waals surface area contributed by atoms with E-state index in [-0.39, 0.29) is 0 Å².